The fraction of sp³-hybridized carbons (Fsp3) is 0.462. The molecule has 1 aromatic heterocycles. The summed E-state index contributed by atoms with van der Waals surface area (Å²) in [4.78, 5) is 29.2. The van der Waals surface area contributed by atoms with Gasteiger partial charge in [0.2, 0.25) is 0 Å². The van der Waals surface area contributed by atoms with Crippen LogP contribution in [0.15, 0.2) is 12.1 Å². The Labute approximate surface area is 111 Å². The number of nitrogens with zero attached hydrogens (tertiary/aromatic N) is 2. The molecule has 1 aliphatic carbocycles. The van der Waals surface area contributed by atoms with Crippen LogP contribution < -0.4 is 10.1 Å². The fourth-order valence-corrected chi connectivity index (χ4v) is 1.54. The molecule has 1 aliphatic rings. The summed E-state index contributed by atoms with van der Waals surface area (Å²) in [6, 6.07) is 3.21. The molecule has 0 aliphatic heterocycles. The van der Waals surface area contributed by atoms with Gasteiger partial charge in [0.25, 0.3) is 11.8 Å². The van der Waals surface area contributed by atoms with Crippen molar-refractivity contribution < 1.29 is 14.3 Å². The van der Waals surface area contributed by atoms with E-state index < -0.39 is 0 Å². The molecule has 0 aromatic carbocycles. The van der Waals surface area contributed by atoms with E-state index in [-0.39, 0.29) is 29.3 Å². The number of nitrogens with one attached hydrogen (secondary N) is 1. The van der Waals surface area contributed by atoms with Crippen molar-refractivity contribution in [1.82, 2.24) is 15.2 Å². The molecule has 0 bridgehead atoms. The second-order valence-corrected chi connectivity index (χ2v) is 4.64. The maximum Gasteiger partial charge on any atom is 0.273 e. The van der Waals surface area contributed by atoms with Crippen molar-refractivity contribution in [3.63, 3.8) is 0 Å². The van der Waals surface area contributed by atoms with Crippen molar-refractivity contribution in [1.29, 1.82) is 0 Å². The topological polar surface area (TPSA) is 71.5 Å². The van der Waals surface area contributed by atoms with E-state index in [1.165, 1.54) is 11.9 Å². The van der Waals surface area contributed by atoms with Gasteiger partial charge in [-0.1, -0.05) is 0 Å². The Morgan fingerprint density at radius 2 is 2.05 bits per heavy atom. The van der Waals surface area contributed by atoms with Crippen LogP contribution in [0.5, 0.6) is 5.75 Å². The van der Waals surface area contributed by atoms with Crippen LogP contribution >= 0.6 is 0 Å². The van der Waals surface area contributed by atoms with Crippen molar-refractivity contribution in [2.45, 2.75) is 18.9 Å². The molecular weight excluding hydrogens is 246 g/mol. The first kappa shape index (κ1) is 13.3. The summed E-state index contributed by atoms with van der Waals surface area (Å²) in [6.07, 6.45) is 2.15. The van der Waals surface area contributed by atoms with Gasteiger partial charge in [0, 0.05) is 21.1 Å². The minimum atomic E-state index is -0.357. The Balaban J connectivity index is 2.34. The number of carbonyl (C=O) groups excluding carboxylic acids is 2. The second-order valence-electron chi connectivity index (χ2n) is 4.64. The van der Waals surface area contributed by atoms with Crippen LogP contribution in [-0.2, 0) is 0 Å². The van der Waals surface area contributed by atoms with Crippen LogP contribution in [0.1, 0.15) is 33.8 Å². The number of hydrogen-bond donors (Lipinski definition) is 1. The third kappa shape index (κ3) is 3.01. The van der Waals surface area contributed by atoms with E-state index in [2.05, 4.69) is 10.3 Å². The number of rotatable bonds is 4. The van der Waals surface area contributed by atoms with Crippen molar-refractivity contribution in [2.75, 3.05) is 21.1 Å². The summed E-state index contributed by atoms with van der Waals surface area (Å²) >= 11 is 0. The summed E-state index contributed by atoms with van der Waals surface area (Å²) < 4.78 is 5.63. The predicted molar refractivity (Wildman–Crippen MR) is 69.3 cm³/mol. The molecule has 1 saturated carbocycles. The minimum absolute atomic E-state index is 0.155. The van der Waals surface area contributed by atoms with E-state index in [0.29, 0.717) is 5.75 Å². The van der Waals surface area contributed by atoms with Crippen molar-refractivity contribution in [3.8, 4) is 5.75 Å². The lowest BCUT2D eigenvalue weighted by Gasteiger charge is -2.13. The SMILES string of the molecule is CNC(=O)c1nc(C(=O)N(C)C)ccc1OC1CC1. The lowest BCUT2D eigenvalue weighted by atomic mass is 10.2. The third-order valence-corrected chi connectivity index (χ3v) is 2.74. The third-order valence-electron chi connectivity index (χ3n) is 2.74. The molecule has 1 fully saturated rings. The highest BCUT2D eigenvalue weighted by Gasteiger charge is 2.27. The van der Waals surface area contributed by atoms with Gasteiger partial charge >= 0.3 is 0 Å². The monoisotopic (exact) mass is 263 g/mol. The number of aromatic nitrogens is 1. The summed E-state index contributed by atoms with van der Waals surface area (Å²) in [5.41, 5.74) is 0.383. The number of amides is 2. The van der Waals surface area contributed by atoms with E-state index >= 15 is 0 Å². The molecule has 1 aromatic rings. The summed E-state index contributed by atoms with van der Waals surface area (Å²) in [5, 5.41) is 2.50. The van der Waals surface area contributed by atoms with Gasteiger partial charge in [-0.2, -0.15) is 0 Å². The first-order valence-corrected chi connectivity index (χ1v) is 6.14. The Hall–Kier alpha value is -2.11. The number of pyridine rings is 1. The molecule has 0 unspecified atom stereocenters. The first-order chi connectivity index (χ1) is 9.02. The highest BCUT2D eigenvalue weighted by molar-refractivity contribution is 5.97. The fourth-order valence-electron chi connectivity index (χ4n) is 1.54. The number of hydrogen-bond acceptors (Lipinski definition) is 4. The van der Waals surface area contributed by atoms with Gasteiger partial charge in [0.1, 0.15) is 5.69 Å². The smallest absolute Gasteiger partial charge is 0.273 e. The predicted octanol–water partition coefficient (Wildman–Crippen LogP) is 0.684. The van der Waals surface area contributed by atoms with E-state index in [4.69, 9.17) is 4.74 Å². The van der Waals surface area contributed by atoms with E-state index in [0.717, 1.165) is 12.8 Å². The van der Waals surface area contributed by atoms with E-state index in [1.807, 2.05) is 0 Å². The van der Waals surface area contributed by atoms with Crippen LogP contribution in [0.3, 0.4) is 0 Å². The van der Waals surface area contributed by atoms with Gasteiger partial charge in [-0.3, -0.25) is 9.59 Å². The van der Waals surface area contributed by atoms with Gasteiger partial charge in [-0.15, -0.1) is 0 Å². The van der Waals surface area contributed by atoms with Gasteiger partial charge in [0.05, 0.1) is 6.10 Å². The standard InChI is InChI=1S/C13H17N3O3/c1-14-12(17)11-10(19-8-4-5-8)7-6-9(15-11)13(18)16(2)3/h6-8H,4-5H2,1-3H3,(H,14,17). The lowest BCUT2D eigenvalue weighted by Crippen LogP contribution is -2.26. The van der Waals surface area contributed by atoms with E-state index in [1.54, 1.807) is 26.2 Å². The van der Waals surface area contributed by atoms with Crippen LogP contribution in [0.25, 0.3) is 0 Å². The number of ether oxygens (including phenoxy) is 1. The molecule has 2 rings (SSSR count). The molecule has 102 valence electrons. The zero-order valence-electron chi connectivity index (χ0n) is 11.3. The molecule has 1 heterocycles. The molecule has 0 atom stereocenters. The highest BCUT2D eigenvalue weighted by Crippen LogP contribution is 2.28. The van der Waals surface area contributed by atoms with Crippen molar-refractivity contribution in [3.05, 3.63) is 23.5 Å². The zero-order valence-corrected chi connectivity index (χ0v) is 11.3. The van der Waals surface area contributed by atoms with Crippen molar-refractivity contribution in [2.24, 2.45) is 0 Å². The lowest BCUT2D eigenvalue weighted by molar-refractivity contribution is 0.0821. The van der Waals surface area contributed by atoms with Gasteiger partial charge < -0.3 is 15.0 Å². The van der Waals surface area contributed by atoms with Crippen LogP contribution in [0, 0.1) is 0 Å². The molecule has 19 heavy (non-hydrogen) atoms. The molecule has 0 radical (unpaired) electrons. The maximum absolute atomic E-state index is 11.8. The first-order valence-electron chi connectivity index (χ1n) is 6.14. The minimum Gasteiger partial charge on any atom is -0.488 e. The summed E-state index contributed by atoms with van der Waals surface area (Å²) in [6.45, 7) is 0. The molecule has 0 spiro atoms. The Kier molecular flexibility index (Phi) is 3.69. The molecule has 6 nitrogen and oxygen atoms in total. The zero-order chi connectivity index (χ0) is 14.0. The molecule has 6 heteroatoms. The summed E-state index contributed by atoms with van der Waals surface area (Å²) in [5.74, 6) is -0.177. The van der Waals surface area contributed by atoms with Crippen LogP contribution in [-0.4, -0.2) is 48.9 Å². The molecule has 0 saturated heterocycles. The molecular formula is C13H17N3O3. The molecule has 2 amide bonds. The van der Waals surface area contributed by atoms with E-state index in [9.17, 15) is 9.59 Å². The quantitative estimate of drug-likeness (QED) is 0.867. The van der Waals surface area contributed by atoms with Crippen LogP contribution in [0.2, 0.25) is 0 Å². The average Bonchev–Trinajstić information content (AvgIpc) is 3.21. The summed E-state index contributed by atoms with van der Waals surface area (Å²) in [7, 11) is 4.79. The average molecular weight is 263 g/mol. The second kappa shape index (κ2) is 5.26. The highest BCUT2D eigenvalue weighted by atomic mass is 16.5. The Morgan fingerprint density at radius 1 is 1.37 bits per heavy atom. The number of carbonyl (C=O) groups is 2. The largest absolute Gasteiger partial charge is 0.488 e. The Morgan fingerprint density at radius 3 is 2.58 bits per heavy atom. The Bertz CT molecular complexity index is 510. The van der Waals surface area contributed by atoms with Gasteiger partial charge in [-0.25, -0.2) is 4.98 Å². The normalized spacial score (nSPS) is 13.8. The van der Waals surface area contributed by atoms with Gasteiger partial charge in [0.15, 0.2) is 11.4 Å². The van der Waals surface area contributed by atoms with Gasteiger partial charge in [-0.05, 0) is 25.0 Å². The maximum atomic E-state index is 11.8. The van der Waals surface area contributed by atoms with Crippen molar-refractivity contribution >= 4 is 11.8 Å². The molecule has 1 N–H and O–H groups in total. The van der Waals surface area contributed by atoms with Crippen LogP contribution in [0.4, 0.5) is 0 Å².